The van der Waals surface area contributed by atoms with Crippen molar-refractivity contribution in [3.63, 3.8) is 0 Å². The van der Waals surface area contributed by atoms with Crippen LogP contribution in [-0.2, 0) is 9.47 Å². The number of methoxy groups -OCH3 is 1. The van der Waals surface area contributed by atoms with Crippen LogP contribution in [0.3, 0.4) is 0 Å². The van der Waals surface area contributed by atoms with Crippen LogP contribution in [-0.4, -0.2) is 39.0 Å². The summed E-state index contributed by atoms with van der Waals surface area (Å²) in [5.74, 6) is 0. The number of hydrogen-bond acceptors (Lipinski definition) is 3. The summed E-state index contributed by atoms with van der Waals surface area (Å²) in [4.78, 5) is 0. The van der Waals surface area contributed by atoms with Gasteiger partial charge in [-0.25, -0.2) is 0 Å². The van der Waals surface area contributed by atoms with Crippen LogP contribution >= 0.6 is 0 Å². The van der Waals surface area contributed by atoms with Crippen molar-refractivity contribution in [2.24, 2.45) is 0 Å². The highest BCUT2D eigenvalue weighted by atomic mass is 16.5. The second-order valence-electron chi connectivity index (χ2n) is 3.86. The van der Waals surface area contributed by atoms with E-state index in [0.717, 1.165) is 19.6 Å². The lowest BCUT2D eigenvalue weighted by atomic mass is 10.3. The summed E-state index contributed by atoms with van der Waals surface area (Å²) in [5, 5.41) is 3.35. The Morgan fingerprint density at radius 1 is 1.29 bits per heavy atom. The van der Waals surface area contributed by atoms with Gasteiger partial charge in [0.2, 0.25) is 0 Å². The molecule has 0 radical (unpaired) electrons. The van der Waals surface area contributed by atoms with Crippen molar-refractivity contribution in [1.82, 2.24) is 5.32 Å². The molecule has 1 atom stereocenters. The molecule has 86 valence electrons. The molecule has 0 aliphatic rings. The summed E-state index contributed by atoms with van der Waals surface area (Å²) >= 11 is 0. The Bertz CT molecular complexity index is 118. The van der Waals surface area contributed by atoms with Crippen molar-refractivity contribution in [1.29, 1.82) is 0 Å². The zero-order valence-corrected chi connectivity index (χ0v) is 10.0. The van der Waals surface area contributed by atoms with Crippen molar-refractivity contribution in [2.75, 3.05) is 26.9 Å². The Labute approximate surface area is 88.2 Å². The molecule has 3 heteroatoms. The molecule has 1 N–H and O–H groups in total. The molecule has 0 amide bonds. The fourth-order valence-electron chi connectivity index (χ4n) is 1.11. The van der Waals surface area contributed by atoms with E-state index in [2.05, 4.69) is 26.1 Å². The first kappa shape index (κ1) is 13.9. The molecule has 3 nitrogen and oxygen atoms in total. The second kappa shape index (κ2) is 9.44. The summed E-state index contributed by atoms with van der Waals surface area (Å²) in [7, 11) is 1.71. The van der Waals surface area contributed by atoms with Crippen molar-refractivity contribution in [3.8, 4) is 0 Å². The molecule has 0 aromatic carbocycles. The molecule has 0 heterocycles. The van der Waals surface area contributed by atoms with E-state index in [1.807, 2.05) is 0 Å². The average molecular weight is 203 g/mol. The second-order valence-corrected chi connectivity index (χ2v) is 3.86. The van der Waals surface area contributed by atoms with E-state index in [0.29, 0.717) is 12.6 Å². The number of nitrogens with one attached hydrogen (secondary N) is 1. The van der Waals surface area contributed by atoms with Gasteiger partial charge >= 0.3 is 0 Å². The van der Waals surface area contributed by atoms with E-state index in [1.165, 1.54) is 6.42 Å². The molecular formula is C11H25NO2. The zero-order valence-electron chi connectivity index (χ0n) is 10.0. The summed E-state index contributed by atoms with van der Waals surface area (Å²) < 4.78 is 10.8. The Kier molecular flexibility index (Phi) is 9.35. The molecule has 0 bridgehead atoms. The monoisotopic (exact) mass is 203 g/mol. The highest BCUT2D eigenvalue weighted by Crippen LogP contribution is 1.96. The third-order valence-electron chi connectivity index (χ3n) is 1.96. The maximum Gasteiger partial charge on any atom is 0.0932 e. The van der Waals surface area contributed by atoms with Gasteiger partial charge < -0.3 is 14.8 Å². The number of unbranched alkanes of at least 4 members (excludes halogenated alkanes) is 1. The molecule has 0 aliphatic carbocycles. The van der Waals surface area contributed by atoms with Gasteiger partial charge in [0.15, 0.2) is 0 Å². The van der Waals surface area contributed by atoms with Gasteiger partial charge in [0.05, 0.1) is 12.7 Å². The maximum absolute atomic E-state index is 5.69. The molecule has 14 heavy (non-hydrogen) atoms. The van der Waals surface area contributed by atoms with E-state index in [9.17, 15) is 0 Å². The quantitative estimate of drug-likeness (QED) is 0.580. The molecule has 0 rings (SSSR count). The minimum absolute atomic E-state index is 0.189. The van der Waals surface area contributed by atoms with Crippen LogP contribution in [0.2, 0.25) is 0 Å². The molecule has 0 saturated carbocycles. The van der Waals surface area contributed by atoms with E-state index >= 15 is 0 Å². The van der Waals surface area contributed by atoms with Crippen molar-refractivity contribution < 1.29 is 9.47 Å². The van der Waals surface area contributed by atoms with Crippen LogP contribution in [0.5, 0.6) is 0 Å². The summed E-state index contributed by atoms with van der Waals surface area (Å²) in [5.41, 5.74) is 0. The van der Waals surface area contributed by atoms with Crippen LogP contribution in [0.4, 0.5) is 0 Å². The van der Waals surface area contributed by atoms with Crippen molar-refractivity contribution in [3.05, 3.63) is 0 Å². The van der Waals surface area contributed by atoms with Gasteiger partial charge in [-0.05, 0) is 6.42 Å². The lowest BCUT2D eigenvalue weighted by molar-refractivity contribution is -0.00285. The third kappa shape index (κ3) is 8.48. The molecular weight excluding hydrogens is 178 g/mol. The van der Waals surface area contributed by atoms with E-state index in [-0.39, 0.29) is 6.10 Å². The number of ether oxygens (including phenoxy) is 2. The summed E-state index contributed by atoms with van der Waals surface area (Å²) in [6.45, 7) is 8.82. The highest BCUT2D eigenvalue weighted by Gasteiger charge is 2.08. The van der Waals surface area contributed by atoms with Gasteiger partial charge in [-0.3, -0.25) is 0 Å². The molecule has 0 spiro atoms. The van der Waals surface area contributed by atoms with Gasteiger partial charge in [0, 0.05) is 26.3 Å². The third-order valence-corrected chi connectivity index (χ3v) is 1.96. The largest absolute Gasteiger partial charge is 0.382 e. The van der Waals surface area contributed by atoms with Gasteiger partial charge in [-0.2, -0.15) is 0 Å². The molecule has 0 aliphatic heterocycles. The van der Waals surface area contributed by atoms with Crippen LogP contribution in [0.15, 0.2) is 0 Å². The average Bonchev–Trinajstić information content (AvgIpc) is 2.14. The predicted octanol–water partition coefficient (Wildman–Crippen LogP) is 1.82. The summed E-state index contributed by atoms with van der Waals surface area (Å²) in [6.07, 6.45) is 2.49. The first-order valence-corrected chi connectivity index (χ1v) is 5.54. The first-order chi connectivity index (χ1) is 6.70. The Morgan fingerprint density at radius 3 is 2.50 bits per heavy atom. The molecule has 1 unspecified atom stereocenters. The topological polar surface area (TPSA) is 30.5 Å². The zero-order chi connectivity index (χ0) is 10.8. The van der Waals surface area contributed by atoms with Crippen LogP contribution < -0.4 is 5.32 Å². The van der Waals surface area contributed by atoms with E-state index in [4.69, 9.17) is 9.47 Å². The normalized spacial score (nSPS) is 13.5. The van der Waals surface area contributed by atoms with Crippen LogP contribution in [0, 0.1) is 0 Å². The smallest absolute Gasteiger partial charge is 0.0932 e. The lowest BCUT2D eigenvalue weighted by Gasteiger charge is -2.19. The maximum atomic E-state index is 5.69. The Morgan fingerprint density at radius 2 is 2.00 bits per heavy atom. The van der Waals surface area contributed by atoms with Gasteiger partial charge in [-0.1, -0.05) is 27.2 Å². The van der Waals surface area contributed by atoms with E-state index < -0.39 is 0 Å². The van der Waals surface area contributed by atoms with Crippen LogP contribution in [0.25, 0.3) is 0 Å². The number of hydrogen-bond donors (Lipinski definition) is 1. The summed E-state index contributed by atoms with van der Waals surface area (Å²) in [6, 6.07) is 0.504. The lowest BCUT2D eigenvalue weighted by Crippen LogP contribution is -2.36. The van der Waals surface area contributed by atoms with E-state index in [1.54, 1.807) is 7.11 Å². The molecule has 0 saturated heterocycles. The highest BCUT2D eigenvalue weighted by molar-refractivity contribution is 4.63. The fourth-order valence-corrected chi connectivity index (χ4v) is 1.11. The minimum atomic E-state index is 0.189. The van der Waals surface area contributed by atoms with Gasteiger partial charge in [-0.15, -0.1) is 0 Å². The van der Waals surface area contributed by atoms with Crippen LogP contribution in [0.1, 0.15) is 33.6 Å². The minimum Gasteiger partial charge on any atom is -0.382 e. The first-order valence-electron chi connectivity index (χ1n) is 5.54. The van der Waals surface area contributed by atoms with Crippen molar-refractivity contribution in [2.45, 2.75) is 45.8 Å². The molecule has 0 fully saturated rings. The van der Waals surface area contributed by atoms with Crippen molar-refractivity contribution >= 4 is 0 Å². The van der Waals surface area contributed by atoms with Gasteiger partial charge in [0.25, 0.3) is 0 Å². The Hall–Kier alpha value is -0.120. The molecule has 0 aromatic heterocycles. The van der Waals surface area contributed by atoms with Gasteiger partial charge in [0.1, 0.15) is 0 Å². The Balaban J connectivity index is 3.54. The fraction of sp³-hybridized carbons (Fsp3) is 1.00. The SMILES string of the molecule is CCCCOC(CNC(C)C)COC. The molecule has 0 aromatic rings. The number of rotatable bonds is 9. The predicted molar refractivity (Wildman–Crippen MR) is 59.7 cm³/mol. The standard InChI is InChI=1S/C11H25NO2/c1-5-6-7-14-11(9-13-4)8-12-10(2)3/h10-12H,5-9H2,1-4H3.